The third-order valence-corrected chi connectivity index (χ3v) is 6.85. The minimum atomic E-state index is -0.265. The van der Waals surface area contributed by atoms with Crippen LogP contribution in [0.1, 0.15) is 82.6 Å². The van der Waals surface area contributed by atoms with Crippen LogP contribution in [0.15, 0.2) is 78.0 Å². The van der Waals surface area contributed by atoms with Gasteiger partial charge in [0.05, 0.1) is 12.3 Å². The monoisotopic (exact) mass is 664 g/mol. The summed E-state index contributed by atoms with van der Waals surface area (Å²) in [5, 5.41) is 5.73. The molecule has 0 aliphatic carbocycles. The van der Waals surface area contributed by atoms with Gasteiger partial charge in [-0.1, -0.05) is 72.9 Å². The van der Waals surface area contributed by atoms with E-state index in [1.54, 1.807) is 38.1 Å². The molecular formula is C37H56N6O3S. The second-order valence-electron chi connectivity index (χ2n) is 9.46. The number of nitrogens with one attached hydrogen (secondary N) is 2. The van der Waals surface area contributed by atoms with E-state index in [0.717, 1.165) is 27.7 Å². The lowest BCUT2D eigenvalue weighted by atomic mass is 10.2. The van der Waals surface area contributed by atoms with Crippen molar-refractivity contribution in [2.75, 3.05) is 37.6 Å². The number of nitrogens with zero attached hydrogens (tertiary/aromatic N) is 3. The van der Waals surface area contributed by atoms with Crippen molar-refractivity contribution in [2.24, 2.45) is 0 Å². The van der Waals surface area contributed by atoms with E-state index < -0.39 is 0 Å². The van der Waals surface area contributed by atoms with Gasteiger partial charge in [0.15, 0.2) is 0 Å². The van der Waals surface area contributed by atoms with E-state index in [0.29, 0.717) is 29.7 Å². The first-order chi connectivity index (χ1) is 22.8. The van der Waals surface area contributed by atoms with Crippen molar-refractivity contribution in [3.05, 3.63) is 90.0 Å². The fraction of sp³-hybridized carbons (Fsp3) is 0.405. The summed E-state index contributed by atoms with van der Waals surface area (Å²) in [6, 6.07) is 18.5. The standard InChI is InChI=1S/C21H23N5O3S.C7H9N.C5H12.2C2H6/c1-14-19(30-11-10-28-3)13-24-21(25-14)26-15-4-6-16(7-5-15)29-17-8-9-23-18(12-17)20(27)22-2;1-6-3-2-4-7(8)5-6;1-3-5-4-2;2*1-2/h4-9,12-13H,10-11H2,1-3H3,(H,22,27)(H,24,25,26);2-5H,8H2,1H3;3-5H2,1-2H3;2*1-2H3. The van der Waals surface area contributed by atoms with Gasteiger partial charge < -0.3 is 25.8 Å². The molecule has 2 aromatic heterocycles. The van der Waals surface area contributed by atoms with E-state index in [-0.39, 0.29) is 5.91 Å². The number of anilines is 3. The number of carbonyl (C=O) groups excluding carboxylic acids is 1. The van der Waals surface area contributed by atoms with E-state index in [1.807, 2.05) is 96.3 Å². The molecule has 258 valence electrons. The zero-order valence-electron chi connectivity index (χ0n) is 30.0. The molecule has 10 heteroatoms. The summed E-state index contributed by atoms with van der Waals surface area (Å²) in [4.78, 5) is 25.6. The van der Waals surface area contributed by atoms with Gasteiger partial charge in [0.1, 0.15) is 17.2 Å². The summed E-state index contributed by atoms with van der Waals surface area (Å²) in [6.07, 6.45) is 7.43. The van der Waals surface area contributed by atoms with Crippen LogP contribution in [0.4, 0.5) is 17.3 Å². The first-order valence-corrected chi connectivity index (χ1v) is 17.3. The second-order valence-corrected chi connectivity index (χ2v) is 10.6. The predicted octanol–water partition coefficient (Wildman–Crippen LogP) is 9.64. The Balaban J connectivity index is 0.00000102. The number of rotatable bonds is 11. The smallest absolute Gasteiger partial charge is 0.269 e. The lowest BCUT2D eigenvalue weighted by Gasteiger charge is -2.10. The molecule has 4 N–H and O–H groups in total. The average molecular weight is 665 g/mol. The summed E-state index contributed by atoms with van der Waals surface area (Å²) in [6.45, 7) is 17.1. The van der Waals surface area contributed by atoms with Gasteiger partial charge >= 0.3 is 0 Å². The Hall–Kier alpha value is -4.15. The SMILES string of the molecule is CC.CC.CCCCC.CNC(=O)c1cc(Oc2ccc(Nc3ncc(SCCOC)c(C)n3)cc2)ccn1.Cc1cccc(N)c1. The zero-order valence-corrected chi connectivity index (χ0v) is 30.8. The van der Waals surface area contributed by atoms with E-state index in [4.69, 9.17) is 15.2 Å². The molecule has 0 bridgehead atoms. The average Bonchev–Trinajstić information content (AvgIpc) is 3.09. The highest BCUT2D eigenvalue weighted by atomic mass is 32.2. The van der Waals surface area contributed by atoms with Crippen LogP contribution < -0.4 is 21.1 Å². The van der Waals surface area contributed by atoms with Gasteiger partial charge in [0, 0.05) is 54.6 Å². The minimum absolute atomic E-state index is 0.265. The third kappa shape index (κ3) is 18.6. The number of amides is 1. The Bertz CT molecular complexity index is 1370. The molecule has 0 radical (unpaired) electrons. The largest absolute Gasteiger partial charge is 0.457 e. The van der Waals surface area contributed by atoms with Gasteiger partial charge in [0.25, 0.3) is 5.91 Å². The lowest BCUT2D eigenvalue weighted by Crippen LogP contribution is -2.18. The molecule has 4 aromatic rings. The number of carbonyl (C=O) groups is 1. The number of aromatic nitrogens is 3. The fourth-order valence-corrected chi connectivity index (χ4v) is 4.37. The topological polar surface area (TPSA) is 124 Å². The maximum Gasteiger partial charge on any atom is 0.269 e. The first kappa shape index (κ1) is 42.9. The van der Waals surface area contributed by atoms with Gasteiger partial charge in [-0.25, -0.2) is 9.97 Å². The van der Waals surface area contributed by atoms with Crippen molar-refractivity contribution in [2.45, 2.75) is 79.5 Å². The van der Waals surface area contributed by atoms with Crippen LogP contribution >= 0.6 is 11.8 Å². The van der Waals surface area contributed by atoms with E-state index in [2.05, 4.69) is 39.4 Å². The summed E-state index contributed by atoms with van der Waals surface area (Å²) >= 11 is 1.67. The number of aryl methyl sites for hydroxylation is 2. The molecule has 9 nitrogen and oxygen atoms in total. The van der Waals surface area contributed by atoms with E-state index >= 15 is 0 Å². The maximum atomic E-state index is 11.7. The molecule has 4 rings (SSSR count). The van der Waals surface area contributed by atoms with Crippen LogP contribution in [0, 0.1) is 13.8 Å². The van der Waals surface area contributed by atoms with E-state index in [1.165, 1.54) is 31.0 Å². The van der Waals surface area contributed by atoms with Crippen molar-refractivity contribution < 1.29 is 14.3 Å². The van der Waals surface area contributed by atoms with E-state index in [9.17, 15) is 4.79 Å². The normalized spacial score (nSPS) is 9.40. The summed E-state index contributed by atoms with van der Waals surface area (Å²) < 4.78 is 10.9. The minimum Gasteiger partial charge on any atom is -0.457 e. The number of hydrogen-bond acceptors (Lipinski definition) is 9. The van der Waals surface area contributed by atoms with Crippen LogP contribution in [-0.2, 0) is 4.74 Å². The number of unbranched alkanes of at least 4 members (excludes halogenated alkanes) is 2. The molecule has 47 heavy (non-hydrogen) atoms. The van der Waals surface area contributed by atoms with Crippen LogP contribution in [-0.4, -0.2) is 47.4 Å². The first-order valence-electron chi connectivity index (χ1n) is 16.3. The van der Waals surface area contributed by atoms with Gasteiger partial charge in [-0.05, 0) is 61.9 Å². The molecule has 2 aromatic carbocycles. The fourth-order valence-electron chi connectivity index (χ4n) is 3.51. The number of ether oxygens (including phenoxy) is 2. The third-order valence-electron chi connectivity index (χ3n) is 5.77. The number of hydrogen-bond donors (Lipinski definition) is 3. The highest BCUT2D eigenvalue weighted by Crippen LogP contribution is 2.25. The highest BCUT2D eigenvalue weighted by Gasteiger charge is 2.08. The molecule has 0 saturated heterocycles. The maximum absolute atomic E-state index is 11.7. The number of pyridine rings is 1. The molecule has 0 fully saturated rings. The summed E-state index contributed by atoms with van der Waals surface area (Å²) in [7, 11) is 3.24. The quantitative estimate of drug-likeness (QED) is 0.0816. The van der Waals surface area contributed by atoms with Crippen molar-refractivity contribution >= 4 is 35.0 Å². The molecule has 0 spiro atoms. The van der Waals surface area contributed by atoms with Gasteiger partial charge in [-0.2, -0.15) is 0 Å². The van der Waals surface area contributed by atoms with Crippen molar-refractivity contribution in [1.29, 1.82) is 0 Å². The lowest BCUT2D eigenvalue weighted by molar-refractivity contribution is 0.0958. The van der Waals surface area contributed by atoms with Crippen LogP contribution in [0.25, 0.3) is 0 Å². The Morgan fingerprint density at radius 3 is 2.11 bits per heavy atom. The van der Waals surface area contributed by atoms with Crippen molar-refractivity contribution in [3.8, 4) is 11.5 Å². The van der Waals surface area contributed by atoms with Crippen LogP contribution in [0.3, 0.4) is 0 Å². The molecular weight excluding hydrogens is 609 g/mol. The number of thioether (sulfide) groups is 1. The molecule has 0 aliphatic rings. The Labute approximate surface area is 287 Å². The Kier molecular flexibility index (Phi) is 24.6. The highest BCUT2D eigenvalue weighted by molar-refractivity contribution is 7.99. The summed E-state index contributed by atoms with van der Waals surface area (Å²) in [5.74, 6) is 2.29. The molecule has 0 atom stereocenters. The van der Waals surface area contributed by atoms with Gasteiger partial charge in [-0.3, -0.25) is 9.78 Å². The number of benzene rings is 2. The number of nitrogens with two attached hydrogens (primary N) is 1. The second kappa shape index (κ2) is 27.0. The molecule has 0 saturated carbocycles. The molecule has 1 amide bonds. The number of methoxy groups -OCH3 is 1. The van der Waals surface area contributed by atoms with Crippen LogP contribution in [0.5, 0.6) is 11.5 Å². The zero-order chi connectivity index (χ0) is 35.5. The molecule has 0 unspecified atom stereocenters. The van der Waals surface area contributed by atoms with Gasteiger partial charge in [0.2, 0.25) is 5.95 Å². The Morgan fingerprint density at radius 1 is 0.915 bits per heavy atom. The number of nitrogen functional groups attached to an aromatic ring is 1. The molecule has 0 aliphatic heterocycles. The van der Waals surface area contributed by atoms with Crippen LogP contribution in [0.2, 0.25) is 0 Å². The van der Waals surface area contributed by atoms with Crippen molar-refractivity contribution in [1.82, 2.24) is 20.3 Å². The predicted molar refractivity (Wildman–Crippen MR) is 200 cm³/mol. The van der Waals surface area contributed by atoms with Gasteiger partial charge in [-0.15, -0.1) is 11.8 Å². The van der Waals surface area contributed by atoms with Crippen molar-refractivity contribution in [3.63, 3.8) is 0 Å². The Morgan fingerprint density at radius 2 is 1.60 bits per heavy atom. The molecule has 2 heterocycles. The summed E-state index contributed by atoms with van der Waals surface area (Å²) in [5.41, 5.74) is 9.56.